The summed E-state index contributed by atoms with van der Waals surface area (Å²) in [6.45, 7) is -0.0426. The molecule has 1 aliphatic heterocycles. The molecule has 60 heavy (non-hydrogen) atoms. The van der Waals surface area contributed by atoms with Gasteiger partial charge in [-0.3, -0.25) is 37.3 Å². The molecular weight excluding hydrogens is 891 g/mol. The minimum absolute atomic E-state index is 0.0209. The molecule has 0 spiro atoms. The van der Waals surface area contributed by atoms with E-state index in [1.54, 1.807) is 0 Å². The molecule has 0 radical (unpaired) electrons. The summed E-state index contributed by atoms with van der Waals surface area (Å²) in [7, 11) is -16.4. The molecule has 3 heterocycles. The summed E-state index contributed by atoms with van der Waals surface area (Å²) in [5.74, 6) is -1.73. The predicted octanol–water partition coefficient (Wildman–Crippen LogP) is -1.24. The number of ether oxygens (including phenoxy) is 2. The summed E-state index contributed by atoms with van der Waals surface area (Å²) in [5.41, 5.74) is 4.21. The first kappa shape index (κ1) is 51.3. The summed E-state index contributed by atoms with van der Waals surface area (Å²) in [6, 6.07) is 0. The number of carbonyl (C=O) groups excluding carboxylic acids is 4. The number of amides is 2. The fourth-order valence-corrected chi connectivity index (χ4v) is 8.69. The van der Waals surface area contributed by atoms with Gasteiger partial charge < -0.3 is 60.7 Å². The standard InChI is InChI=1S/C29H48N7O20P3S/c1-29(2,24(42)27(43)32-8-7-18(38)31-9-12-60-20(40)6-4-3-5-19(39)51-11-10-37)14-53-59(49,50)56-58(47,48)52-13-17-23(55-57(44,45)46)22(41)28(54-17)36-16-35-21-25(30)33-15-34-26(21)36/h15-17,22-24,28,37,41-42H,3-14H2,1-2H3,(H,31,38)(H,32,43)(H,47,48)(H,49,50)(H2,30,33,34)(H2,44,45,46). The molecule has 7 atom stereocenters. The van der Waals surface area contributed by atoms with Gasteiger partial charge in [-0.25, -0.2) is 28.6 Å². The number of nitrogens with zero attached hydrogens (tertiary/aromatic N) is 4. The van der Waals surface area contributed by atoms with E-state index in [1.165, 1.54) is 13.8 Å². The van der Waals surface area contributed by atoms with Crippen LogP contribution in [0.15, 0.2) is 12.7 Å². The van der Waals surface area contributed by atoms with E-state index in [2.05, 4.69) is 34.4 Å². The van der Waals surface area contributed by atoms with Gasteiger partial charge >= 0.3 is 29.4 Å². The number of thioether (sulfide) groups is 1. The highest BCUT2D eigenvalue weighted by Crippen LogP contribution is 2.61. The number of aliphatic hydroxyl groups excluding tert-OH is 3. The number of imidazole rings is 1. The quantitative estimate of drug-likeness (QED) is 0.0299. The number of carbonyl (C=O) groups is 4. The smallest absolute Gasteiger partial charge is 0.463 e. The number of nitrogen functional groups attached to an aromatic ring is 1. The SMILES string of the molecule is CC(C)(COP(=O)(O)OP(=O)(O)OCC1OC(n2cnc3c(N)ncnc32)C(O)C1OP(=O)(O)O)C(O)C(=O)NCCC(=O)NCCSC(=O)CCCCC(=O)OCCO. The molecule has 7 unspecified atom stereocenters. The lowest BCUT2D eigenvalue weighted by Gasteiger charge is -2.30. The van der Waals surface area contributed by atoms with Crippen LogP contribution >= 0.6 is 35.2 Å². The molecule has 2 amide bonds. The number of fused-ring (bicyclic) bond motifs is 1. The number of phosphoric ester groups is 3. The Balaban J connectivity index is 1.41. The van der Waals surface area contributed by atoms with E-state index < -0.39 is 90.5 Å². The second-order valence-corrected chi connectivity index (χ2v) is 18.8. The van der Waals surface area contributed by atoms with Crippen molar-refractivity contribution in [1.29, 1.82) is 0 Å². The minimum Gasteiger partial charge on any atom is -0.463 e. The summed E-state index contributed by atoms with van der Waals surface area (Å²) in [5, 5.41) is 34.8. The molecule has 11 N–H and O–H groups in total. The van der Waals surface area contributed by atoms with E-state index in [1.807, 2.05) is 0 Å². The van der Waals surface area contributed by atoms with E-state index in [4.69, 9.17) is 29.4 Å². The van der Waals surface area contributed by atoms with Crippen LogP contribution in [0.25, 0.3) is 11.2 Å². The number of anilines is 1. The first-order valence-electron chi connectivity index (χ1n) is 17.8. The molecule has 0 saturated carbocycles. The Morgan fingerprint density at radius 3 is 2.37 bits per heavy atom. The van der Waals surface area contributed by atoms with Gasteiger partial charge in [-0.15, -0.1) is 0 Å². The number of nitrogens with two attached hydrogens (primary N) is 1. The molecule has 1 aliphatic rings. The van der Waals surface area contributed by atoms with Crippen molar-refractivity contribution >= 4 is 75.1 Å². The average molecular weight is 940 g/mol. The molecule has 27 nitrogen and oxygen atoms in total. The highest BCUT2D eigenvalue weighted by molar-refractivity contribution is 8.13. The first-order valence-corrected chi connectivity index (χ1v) is 23.3. The number of aliphatic hydroxyl groups is 3. The van der Waals surface area contributed by atoms with Crippen molar-refractivity contribution in [2.24, 2.45) is 5.41 Å². The molecule has 340 valence electrons. The van der Waals surface area contributed by atoms with Crippen molar-refractivity contribution in [3.8, 4) is 0 Å². The lowest BCUT2D eigenvalue weighted by atomic mass is 9.87. The number of unbranched alkanes of at least 4 members (excludes halogenated alkanes) is 1. The van der Waals surface area contributed by atoms with Crippen molar-refractivity contribution in [3.63, 3.8) is 0 Å². The number of phosphoric acid groups is 3. The van der Waals surface area contributed by atoms with Gasteiger partial charge in [0, 0.05) is 43.5 Å². The molecule has 2 aromatic rings. The normalized spacial score (nSPS) is 20.9. The van der Waals surface area contributed by atoms with Crippen molar-refractivity contribution in [1.82, 2.24) is 30.2 Å². The van der Waals surface area contributed by atoms with Crippen molar-refractivity contribution in [2.45, 2.75) is 76.6 Å². The molecule has 1 fully saturated rings. The van der Waals surface area contributed by atoms with Gasteiger partial charge in [0.2, 0.25) is 11.8 Å². The predicted molar refractivity (Wildman–Crippen MR) is 204 cm³/mol. The Labute approximate surface area is 345 Å². The van der Waals surface area contributed by atoms with Crippen molar-refractivity contribution < 1.29 is 95.1 Å². The maximum Gasteiger partial charge on any atom is 0.481 e. The largest absolute Gasteiger partial charge is 0.481 e. The Morgan fingerprint density at radius 1 is 1.00 bits per heavy atom. The third-order valence-electron chi connectivity index (χ3n) is 8.13. The van der Waals surface area contributed by atoms with E-state index in [9.17, 15) is 62.7 Å². The maximum atomic E-state index is 12.7. The number of esters is 1. The fourth-order valence-electron chi connectivity index (χ4n) is 5.14. The zero-order chi connectivity index (χ0) is 44.9. The topological polar surface area (TPSA) is 410 Å². The average Bonchev–Trinajstić information content (AvgIpc) is 3.72. The van der Waals surface area contributed by atoms with E-state index >= 15 is 0 Å². The number of hydrogen-bond acceptors (Lipinski definition) is 21. The highest BCUT2D eigenvalue weighted by atomic mass is 32.2. The van der Waals surface area contributed by atoms with Crippen LogP contribution in [0.5, 0.6) is 0 Å². The highest BCUT2D eigenvalue weighted by Gasteiger charge is 2.50. The Morgan fingerprint density at radius 2 is 1.68 bits per heavy atom. The van der Waals surface area contributed by atoms with Crippen LogP contribution < -0.4 is 16.4 Å². The van der Waals surface area contributed by atoms with Crippen LogP contribution in [-0.2, 0) is 60.2 Å². The zero-order valence-electron chi connectivity index (χ0n) is 32.1. The van der Waals surface area contributed by atoms with Crippen LogP contribution in [0.2, 0.25) is 0 Å². The number of rotatable bonds is 26. The number of hydrogen-bond donors (Lipinski definition) is 10. The molecule has 0 aromatic carbocycles. The first-order chi connectivity index (χ1) is 27.9. The molecular formula is C29H48N7O20P3S. The lowest BCUT2D eigenvalue weighted by molar-refractivity contribution is -0.144. The van der Waals surface area contributed by atoms with Gasteiger partial charge in [0.05, 0.1) is 26.1 Å². The molecule has 0 aliphatic carbocycles. The molecule has 3 rings (SSSR count). The van der Waals surface area contributed by atoms with Gasteiger partial charge in [0.15, 0.2) is 22.8 Å². The fraction of sp³-hybridized carbons (Fsp3) is 0.690. The summed E-state index contributed by atoms with van der Waals surface area (Å²) >= 11 is 0.994. The Kier molecular flexibility index (Phi) is 19.6. The monoisotopic (exact) mass is 939 g/mol. The second-order valence-electron chi connectivity index (χ2n) is 13.4. The van der Waals surface area contributed by atoms with E-state index in [0.29, 0.717) is 12.8 Å². The molecule has 0 bridgehead atoms. The third-order valence-corrected chi connectivity index (χ3v) is 12.2. The van der Waals surface area contributed by atoms with Crippen LogP contribution in [0.3, 0.4) is 0 Å². The van der Waals surface area contributed by atoms with E-state index in [-0.39, 0.29) is 73.4 Å². The van der Waals surface area contributed by atoms with Gasteiger partial charge in [-0.1, -0.05) is 25.6 Å². The second kappa shape index (κ2) is 22.9. The van der Waals surface area contributed by atoms with Gasteiger partial charge in [0.1, 0.15) is 42.9 Å². The van der Waals surface area contributed by atoms with Crippen molar-refractivity contribution in [2.75, 3.05) is 51.0 Å². The molecule has 1 saturated heterocycles. The molecule has 31 heteroatoms. The van der Waals surface area contributed by atoms with Gasteiger partial charge in [0.25, 0.3) is 0 Å². The maximum absolute atomic E-state index is 12.7. The molecule has 2 aromatic heterocycles. The minimum atomic E-state index is -5.59. The van der Waals surface area contributed by atoms with Crippen LogP contribution in [0, 0.1) is 5.41 Å². The Bertz CT molecular complexity index is 1940. The summed E-state index contributed by atoms with van der Waals surface area (Å²) in [4.78, 5) is 99.0. The van der Waals surface area contributed by atoms with Crippen LogP contribution in [-0.4, -0.2) is 147 Å². The lowest BCUT2D eigenvalue weighted by Crippen LogP contribution is -2.46. The van der Waals surface area contributed by atoms with Gasteiger partial charge in [-0.05, 0) is 12.8 Å². The van der Waals surface area contributed by atoms with Crippen LogP contribution in [0.1, 0.15) is 52.2 Å². The van der Waals surface area contributed by atoms with E-state index in [0.717, 1.165) is 29.0 Å². The van der Waals surface area contributed by atoms with Crippen molar-refractivity contribution in [3.05, 3.63) is 12.7 Å². The summed E-state index contributed by atoms with van der Waals surface area (Å²) in [6.07, 6.45) is -5.81. The number of nitrogens with one attached hydrogen (secondary N) is 2. The number of aromatic nitrogens is 4. The van der Waals surface area contributed by atoms with Gasteiger partial charge in [-0.2, -0.15) is 4.31 Å². The Hall–Kier alpha value is -3.01. The summed E-state index contributed by atoms with van der Waals surface area (Å²) < 4.78 is 66.8. The third kappa shape index (κ3) is 16.7. The van der Waals surface area contributed by atoms with Crippen LogP contribution in [0.4, 0.5) is 5.82 Å². The zero-order valence-corrected chi connectivity index (χ0v) is 35.6.